The molecule has 2 unspecified atom stereocenters. The number of nitrogens with zero attached hydrogens (tertiary/aromatic N) is 2. The lowest BCUT2D eigenvalue weighted by Gasteiger charge is -2.31. The van der Waals surface area contributed by atoms with Crippen LogP contribution in [0.3, 0.4) is 0 Å². The van der Waals surface area contributed by atoms with E-state index < -0.39 is 11.5 Å². The molecule has 9 heteroatoms. The van der Waals surface area contributed by atoms with E-state index in [9.17, 15) is 14.4 Å². The molecule has 3 aromatic rings. The van der Waals surface area contributed by atoms with Gasteiger partial charge in [0.1, 0.15) is 11.7 Å². The number of rotatable bonds is 7. The third-order valence-electron chi connectivity index (χ3n) is 7.52. The highest BCUT2D eigenvalue weighted by molar-refractivity contribution is 6.07. The van der Waals surface area contributed by atoms with Gasteiger partial charge in [0, 0.05) is 43.8 Å². The smallest absolute Gasteiger partial charge is 0.270 e. The quantitative estimate of drug-likeness (QED) is 0.459. The van der Waals surface area contributed by atoms with Crippen molar-refractivity contribution in [2.45, 2.75) is 43.6 Å². The molecule has 2 atom stereocenters. The second-order valence-electron chi connectivity index (χ2n) is 9.61. The standard InChI is InChI=1S/C28H31N5O4/c1-3-20(18-7-5-4-6-8-18)24(32-25(34)23-11-14-29-33(23)2)26(35)30-19-9-10-21-22(17-19)31-27(36)28(21)12-15-37-16-13-28/h4-11,14,17,20,24H,3,12-13,15-16H2,1-2H3,(H,30,35)(H,31,36)(H,32,34). The Bertz CT molecular complexity index is 1310. The highest BCUT2D eigenvalue weighted by atomic mass is 16.5. The Morgan fingerprint density at radius 2 is 1.89 bits per heavy atom. The summed E-state index contributed by atoms with van der Waals surface area (Å²) < 4.78 is 6.96. The molecule has 2 aliphatic heterocycles. The maximum Gasteiger partial charge on any atom is 0.270 e. The van der Waals surface area contributed by atoms with Gasteiger partial charge in [-0.1, -0.05) is 43.3 Å². The van der Waals surface area contributed by atoms with Crippen LogP contribution in [0.15, 0.2) is 60.8 Å². The van der Waals surface area contributed by atoms with Crippen molar-refractivity contribution < 1.29 is 19.1 Å². The van der Waals surface area contributed by atoms with Gasteiger partial charge in [0.2, 0.25) is 11.8 Å². The summed E-state index contributed by atoms with van der Waals surface area (Å²) in [6.07, 6.45) is 3.45. The Balaban J connectivity index is 1.42. The fourth-order valence-electron chi connectivity index (χ4n) is 5.47. The van der Waals surface area contributed by atoms with Crippen molar-refractivity contribution in [3.63, 3.8) is 0 Å². The van der Waals surface area contributed by atoms with Crippen LogP contribution in [0.4, 0.5) is 11.4 Å². The number of hydrogen-bond donors (Lipinski definition) is 3. The van der Waals surface area contributed by atoms with E-state index in [2.05, 4.69) is 21.0 Å². The monoisotopic (exact) mass is 501 g/mol. The SMILES string of the molecule is CCC(c1ccccc1)C(NC(=O)c1ccnn1C)C(=O)Nc1ccc2c(c1)NC(=O)C21CCOCC1. The second kappa shape index (κ2) is 10.2. The molecule has 37 heavy (non-hydrogen) atoms. The number of aromatic nitrogens is 2. The van der Waals surface area contributed by atoms with Gasteiger partial charge in [0.15, 0.2) is 0 Å². The predicted octanol–water partition coefficient (Wildman–Crippen LogP) is 3.35. The maximum absolute atomic E-state index is 13.7. The summed E-state index contributed by atoms with van der Waals surface area (Å²) in [5.41, 5.74) is 2.94. The van der Waals surface area contributed by atoms with E-state index >= 15 is 0 Å². The van der Waals surface area contributed by atoms with Gasteiger partial charge in [-0.15, -0.1) is 0 Å². The third kappa shape index (κ3) is 4.62. The van der Waals surface area contributed by atoms with Crippen LogP contribution < -0.4 is 16.0 Å². The van der Waals surface area contributed by atoms with Crippen molar-refractivity contribution in [1.29, 1.82) is 0 Å². The third-order valence-corrected chi connectivity index (χ3v) is 7.52. The number of ether oxygens (including phenoxy) is 1. The maximum atomic E-state index is 13.7. The lowest BCUT2D eigenvalue weighted by molar-refractivity contribution is -0.124. The van der Waals surface area contributed by atoms with Crippen LogP contribution in [0.1, 0.15) is 53.7 Å². The topological polar surface area (TPSA) is 114 Å². The molecule has 3 amide bonds. The normalized spacial score (nSPS) is 17.5. The van der Waals surface area contributed by atoms with Gasteiger partial charge in [0.05, 0.1) is 5.41 Å². The number of carbonyl (C=O) groups excluding carboxylic acids is 3. The average Bonchev–Trinajstić information content (AvgIpc) is 3.45. The summed E-state index contributed by atoms with van der Waals surface area (Å²) in [7, 11) is 1.68. The van der Waals surface area contributed by atoms with Crippen LogP contribution in [0.5, 0.6) is 0 Å². The number of amides is 3. The molecule has 3 heterocycles. The van der Waals surface area contributed by atoms with E-state index in [-0.39, 0.29) is 23.6 Å². The van der Waals surface area contributed by atoms with Gasteiger partial charge >= 0.3 is 0 Å². The van der Waals surface area contributed by atoms with Crippen LogP contribution in [0.25, 0.3) is 0 Å². The van der Waals surface area contributed by atoms with Gasteiger partial charge in [-0.2, -0.15) is 5.10 Å². The number of carbonyl (C=O) groups is 3. The molecule has 0 bridgehead atoms. The summed E-state index contributed by atoms with van der Waals surface area (Å²) in [4.78, 5) is 39.7. The van der Waals surface area contributed by atoms with Crippen LogP contribution in [0.2, 0.25) is 0 Å². The zero-order valence-corrected chi connectivity index (χ0v) is 21.0. The fraction of sp³-hybridized carbons (Fsp3) is 0.357. The summed E-state index contributed by atoms with van der Waals surface area (Å²) >= 11 is 0. The van der Waals surface area contributed by atoms with Crippen molar-refractivity contribution in [3.05, 3.63) is 77.6 Å². The van der Waals surface area contributed by atoms with Gasteiger partial charge in [-0.3, -0.25) is 19.1 Å². The first-order valence-corrected chi connectivity index (χ1v) is 12.6. The van der Waals surface area contributed by atoms with Crippen LogP contribution in [0, 0.1) is 0 Å². The molecule has 9 nitrogen and oxygen atoms in total. The molecule has 0 saturated carbocycles. The van der Waals surface area contributed by atoms with Crippen LogP contribution in [-0.4, -0.2) is 46.8 Å². The number of benzene rings is 2. The molecule has 5 rings (SSSR count). The number of fused-ring (bicyclic) bond motifs is 2. The average molecular weight is 502 g/mol. The Kier molecular flexibility index (Phi) is 6.80. The van der Waals surface area contributed by atoms with E-state index in [0.29, 0.717) is 49.5 Å². The van der Waals surface area contributed by atoms with Crippen LogP contribution in [-0.2, 0) is 26.8 Å². The number of anilines is 2. The molecular formula is C28H31N5O4. The molecular weight excluding hydrogens is 470 g/mol. The molecule has 2 aromatic carbocycles. The summed E-state index contributed by atoms with van der Waals surface area (Å²) in [5, 5.41) is 13.0. The Hall–Kier alpha value is -3.98. The molecule has 1 saturated heterocycles. The first-order valence-electron chi connectivity index (χ1n) is 12.6. The van der Waals surface area contributed by atoms with Crippen molar-refractivity contribution in [2.75, 3.05) is 23.8 Å². The molecule has 3 N–H and O–H groups in total. The van der Waals surface area contributed by atoms with Crippen molar-refractivity contribution in [3.8, 4) is 0 Å². The summed E-state index contributed by atoms with van der Waals surface area (Å²) in [6.45, 7) is 3.08. The largest absolute Gasteiger partial charge is 0.381 e. The molecule has 0 aliphatic carbocycles. The van der Waals surface area contributed by atoms with Gasteiger partial charge in [-0.05, 0) is 48.6 Å². The minimum Gasteiger partial charge on any atom is -0.381 e. The van der Waals surface area contributed by atoms with E-state index in [1.54, 1.807) is 25.4 Å². The zero-order chi connectivity index (χ0) is 26.0. The molecule has 192 valence electrons. The Morgan fingerprint density at radius 1 is 1.14 bits per heavy atom. The van der Waals surface area contributed by atoms with Gasteiger partial charge in [-0.25, -0.2) is 0 Å². The Labute approximate surface area is 215 Å². The molecule has 1 spiro atoms. The minimum atomic E-state index is -0.834. The van der Waals surface area contributed by atoms with Crippen molar-refractivity contribution in [2.24, 2.45) is 7.05 Å². The molecule has 0 radical (unpaired) electrons. The fourth-order valence-corrected chi connectivity index (χ4v) is 5.47. The molecule has 1 aromatic heterocycles. The van der Waals surface area contributed by atoms with E-state index in [4.69, 9.17) is 4.74 Å². The first-order chi connectivity index (χ1) is 17.9. The van der Waals surface area contributed by atoms with Crippen molar-refractivity contribution >= 4 is 29.1 Å². The number of hydrogen-bond acceptors (Lipinski definition) is 5. The lowest BCUT2D eigenvalue weighted by atomic mass is 9.75. The minimum absolute atomic E-state index is 0.0225. The molecule has 1 fully saturated rings. The van der Waals surface area contributed by atoms with E-state index in [1.165, 1.54) is 4.68 Å². The van der Waals surface area contributed by atoms with E-state index in [1.807, 2.05) is 49.4 Å². The lowest BCUT2D eigenvalue weighted by Crippen LogP contribution is -2.48. The highest BCUT2D eigenvalue weighted by Crippen LogP contribution is 2.45. The van der Waals surface area contributed by atoms with Gasteiger partial charge < -0.3 is 20.7 Å². The number of aryl methyl sites for hydroxylation is 1. The summed E-state index contributed by atoms with van der Waals surface area (Å²) in [5.74, 6) is -0.989. The number of nitrogens with one attached hydrogen (secondary N) is 3. The van der Waals surface area contributed by atoms with E-state index in [0.717, 1.165) is 11.1 Å². The van der Waals surface area contributed by atoms with Crippen molar-refractivity contribution in [1.82, 2.24) is 15.1 Å². The van der Waals surface area contributed by atoms with Crippen LogP contribution >= 0.6 is 0 Å². The summed E-state index contributed by atoms with van der Waals surface area (Å²) in [6, 6.07) is 16.0. The highest BCUT2D eigenvalue weighted by Gasteiger charge is 2.47. The first kappa shape index (κ1) is 24.7. The predicted molar refractivity (Wildman–Crippen MR) is 139 cm³/mol. The second-order valence-corrected chi connectivity index (χ2v) is 9.61. The Morgan fingerprint density at radius 3 is 2.57 bits per heavy atom. The zero-order valence-electron chi connectivity index (χ0n) is 21.0. The molecule has 2 aliphatic rings. The van der Waals surface area contributed by atoms with Gasteiger partial charge in [0.25, 0.3) is 5.91 Å².